The van der Waals surface area contributed by atoms with Gasteiger partial charge in [0.2, 0.25) is 5.91 Å². The lowest BCUT2D eigenvalue weighted by Crippen LogP contribution is -2.31. The summed E-state index contributed by atoms with van der Waals surface area (Å²) in [5, 5.41) is 5.63. The minimum atomic E-state index is -0.558. The molecule has 0 bridgehead atoms. The first-order valence-electron chi connectivity index (χ1n) is 7.17. The van der Waals surface area contributed by atoms with E-state index in [-0.39, 0.29) is 16.6 Å². The summed E-state index contributed by atoms with van der Waals surface area (Å²) in [7, 11) is 0. The Kier molecular flexibility index (Phi) is 4.26. The highest BCUT2D eigenvalue weighted by Gasteiger charge is 2.14. The zero-order chi connectivity index (χ0) is 17.3. The Labute approximate surface area is 141 Å². The maximum atomic E-state index is 13.1. The Hall–Kier alpha value is -2.80. The predicted molar refractivity (Wildman–Crippen MR) is 92.0 cm³/mol. The van der Waals surface area contributed by atoms with Crippen molar-refractivity contribution in [3.8, 4) is 0 Å². The number of halogens is 2. The Balaban J connectivity index is 1.70. The van der Waals surface area contributed by atoms with Gasteiger partial charge in [-0.15, -0.1) is 0 Å². The molecule has 1 unspecified atom stereocenters. The molecule has 1 amide bonds. The second kappa shape index (κ2) is 6.37. The van der Waals surface area contributed by atoms with Crippen LogP contribution in [0.1, 0.15) is 6.92 Å². The third kappa shape index (κ3) is 3.41. The van der Waals surface area contributed by atoms with Crippen LogP contribution in [0.3, 0.4) is 0 Å². The van der Waals surface area contributed by atoms with Crippen molar-refractivity contribution in [3.05, 3.63) is 57.7 Å². The Bertz CT molecular complexity index is 966. The van der Waals surface area contributed by atoms with E-state index in [0.29, 0.717) is 22.4 Å². The zero-order valence-electron chi connectivity index (χ0n) is 12.6. The number of carbonyl (C=O) groups is 1. The second-order valence-corrected chi connectivity index (χ2v) is 5.73. The Morgan fingerprint density at radius 1 is 1.12 bits per heavy atom. The van der Waals surface area contributed by atoms with Crippen molar-refractivity contribution in [1.29, 1.82) is 0 Å². The molecule has 3 rings (SSSR count). The van der Waals surface area contributed by atoms with Gasteiger partial charge >= 0.3 is 5.69 Å². The molecular weight excluding hydrogens is 335 g/mol. The molecule has 8 heteroatoms. The number of carbonyl (C=O) groups excluding carboxylic acids is 1. The van der Waals surface area contributed by atoms with Crippen molar-refractivity contribution in [3.63, 3.8) is 0 Å². The highest BCUT2D eigenvalue weighted by molar-refractivity contribution is 6.31. The third-order valence-corrected chi connectivity index (χ3v) is 3.77. The minimum Gasteiger partial charge on any atom is -0.374 e. The molecule has 0 saturated carbocycles. The number of nitrogens with one attached hydrogen (secondary N) is 4. The van der Waals surface area contributed by atoms with Gasteiger partial charge < -0.3 is 20.6 Å². The summed E-state index contributed by atoms with van der Waals surface area (Å²) in [4.78, 5) is 28.8. The molecule has 1 atom stereocenters. The van der Waals surface area contributed by atoms with Crippen molar-refractivity contribution in [2.75, 3.05) is 10.6 Å². The highest BCUT2D eigenvalue weighted by Crippen LogP contribution is 2.20. The molecule has 0 fully saturated rings. The third-order valence-electron chi connectivity index (χ3n) is 3.48. The van der Waals surface area contributed by atoms with Crippen LogP contribution in [-0.4, -0.2) is 21.9 Å². The smallest absolute Gasteiger partial charge is 0.323 e. The summed E-state index contributed by atoms with van der Waals surface area (Å²) in [5.41, 5.74) is 2.12. The first-order valence-corrected chi connectivity index (χ1v) is 7.54. The number of benzene rings is 2. The quantitative estimate of drug-likeness (QED) is 0.584. The molecular formula is C16H14ClFN4O2. The summed E-state index contributed by atoms with van der Waals surface area (Å²) in [6.45, 7) is 1.69. The monoisotopic (exact) mass is 348 g/mol. The predicted octanol–water partition coefficient (Wildman–Crippen LogP) is 3.09. The molecule has 0 aliphatic carbocycles. The summed E-state index contributed by atoms with van der Waals surface area (Å²) in [6, 6.07) is 8.63. The maximum Gasteiger partial charge on any atom is 0.323 e. The van der Waals surface area contributed by atoms with Gasteiger partial charge in [-0.3, -0.25) is 4.79 Å². The maximum absolute atomic E-state index is 13.1. The van der Waals surface area contributed by atoms with Crippen LogP contribution in [0.15, 0.2) is 41.2 Å². The van der Waals surface area contributed by atoms with Crippen LogP contribution in [0.4, 0.5) is 15.8 Å². The van der Waals surface area contributed by atoms with Gasteiger partial charge in [-0.2, -0.15) is 0 Å². The molecule has 2 aromatic carbocycles. The van der Waals surface area contributed by atoms with E-state index in [0.717, 1.165) is 0 Å². The number of aromatic nitrogens is 2. The van der Waals surface area contributed by atoms with Crippen LogP contribution in [0.25, 0.3) is 11.0 Å². The first-order chi connectivity index (χ1) is 11.4. The van der Waals surface area contributed by atoms with Gasteiger partial charge in [-0.1, -0.05) is 11.6 Å². The molecule has 1 heterocycles. The second-order valence-electron chi connectivity index (χ2n) is 5.32. The van der Waals surface area contributed by atoms with Crippen molar-refractivity contribution < 1.29 is 9.18 Å². The van der Waals surface area contributed by atoms with Gasteiger partial charge in [0.25, 0.3) is 0 Å². The van der Waals surface area contributed by atoms with E-state index in [4.69, 9.17) is 11.6 Å². The van der Waals surface area contributed by atoms with E-state index in [1.54, 1.807) is 25.1 Å². The van der Waals surface area contributed by atoms with Gasteiger partial charge in [0.1, 0.15) is 11.9 Å². The Morgan fingerprint density at radius 3 is 2.58 bits per heavy atom. The van der Waals surface area contributed by atoms with E-state index in [9.17, 15) is 14.0 Å². The number of anilines is 2. The van der Waals surface area contributed by atoms with Crippen molar-refractivity contribution >= 4 is 39.9 Å². The van der Waals surface area contributed by atoms with Crippen molar-refractivity contribution in [2.24, 2.45) is 0 Å². The highest BCUT2D eigenvalue weighted by atomic mass is 35.5. The minimum absolute atomic E-state index is 0.0599. The molecule has 4 N–H and O–H groups in total. The molecule has 0 spiro atoms. The summed E-state index contributed by atoms with van der Waals surface area (Å²) in [5.74, 6) is -0.852. The summed E-state index contributed by atoms with van der Waals surface area (Å²) >= 11 is 5.69. The van der Waals surface area contributed by atoms with E-state index in [1.165, 1.54) is 18.2 Å². The van der Waals surface area contributed by atoms with Gasteiger partial charge in [-0.25, -0.2) is 9.18 Å². The topological polar surface area (TPSA) is 89.8 Å². The average Bonchev–Trinajstić information content (AvgIpc) is 2.90. The largest absolute Gasteiger partial charge is 0.374 e. The van der Waals surface area contributed by atoms with E-state index < -0.39 is 11.9 Å². The number of amides is 1. The average molecular weight is 349 g/mol. The lowest BCUT2D eigenvalue weighted by atomic mass is 10.2. The standard InChI is InChI=1S/C16H14ClFN4O2/c1-8(15(23)20-9-2-4-12(18)11(17)6-9)19-10-3-5-13-14(7-10)22-16(24)21-13/h2-8,19H,1H3,(H,20,23)(H2,21,22,24). The lowest BCUT2D eigenvalue weighted by Gasteiger charge is -2.15. The van der Waals surface area contributed by atoms with E-state index in [1.807, 2.05) is 0 Å². The van der Waals surface area contributed by atoms with Gasteiger partial charge in [0, 0.05) is 11.4 Å². The molecule has 0 aliphatic rings. The molecule has 24 heavy (non-hydrogen) atoms. The lowest BCUT2D eigenvalue weighted by molar-refractivity contribution is -0.116. The molecule has 3 aromatic rings. The fraction of sp³-hybridized carbons (Fsp3) is 0.125. The molecule has 0 radical (unpaired) electrons. The van der Waals surface area contributed by atoms with Crippen LogP contribution < -0.4 is 16.3 Å². The van der Waals surface area contributed by atoms with E-state index in [2.05, 4.69) is 20.6 Å². The zero-order valence-corrected chi connectivity index (χ0v) is 13.4. The van der Waals surface area contributed by atoms with Crippen LogP contribution in [0.2, 0.25) is 5.02 Å². The van der Waals surface area contributed by atoms with Crippen molar-refractivity contribution in [1.82, 2.24) is 9.97 Å². The Morgan fingerprint density at radius 2 is 1.83 bits per heavy atom. The van der Waals surface area contributed by atoms with Crippen LogP contribution in [0, 0.1) is 5.82 Å². The van der Waals surface area contributed by atoms with E-state index >= 15 is 0 Å². The van der Waals surface area contributed by atoms with Crippen molar-refractivity contribution in [2.45, 2.75) is 13.0 Å². The SMILES string of the molecule is CC(Nc1ccc2[nH]c(=O)[nH]c2c1)C(=O)Nc1ccc(F)c(Cl)c1. The summed E-state index contributed by atoms with van der Waals surface area (Å²) in [6.07, 6.45) is 0. The number of hydrogen-bond acceptors (Lipinski definition) is 3. The van der Waals surface area contributed by atoms with Crippen LogP contribution in [-0.2, 0) is 4.79 Å². The van der Waals surface area contributed by atoms with Gasteiger partial charge in [-0.05, 0) is 43.3 Å². The molecule has 124 valence electrons. The molecule has 6 nitrogen and oxygen atoms in total. The number of aromatic amines is 2. The molecule has 1 aromatic heterocycles. The number of fused-ring (bicyclic) bond motifs is 1. The number of H-pyrrole nitrogens is 2. The van der Waals surface area contributed by atoms with Gasteiger partial charge in [0.05, 0.1) is 16.1 Å². The van der Waals surface area contributed by atoms with Crippen LogP contribution in [0.5, 0.6) is 0 Å². The number of imidazole rings is 1. The molecule has 0 aliphatic heterocycles. The molecule has 0 saturated heterocycles. The first kappa shape index (κ1) is 16.1. The summed E-state index contributed by atoms with van der Waals surface area (Å²) < 4.78 is 13.1. The van der Waals surface area contributed by atoms with Crippen LogP contribution >= 0.6 is 11.6 Å². The fourth-order valence-corrected chi connectivity index (χ4v) is 2.44. The fourth-order valence-electron chi connectivity index (χ4n) is 2.26. The normalized spacial score (nSPS) is 12.1. The number of rotatable bonds is 4. The number of hydrogen-bond donors (Lipinski definition) is 4. The van der Waals surface area contributed by atoms with Gasteiger partial charge in [0.15, 0.2) is 0 Å².